The molecule has 0 fully saturated rings. The van der Waals surface area contributed by atoms with Crippen molar-refractivity contribution in [2.24, 2.45) is 17.3 Å². The Hall–Kier alpha value is -2.17. The minimum atomic E-state index is -2.43. The van der Waals surface area contributed by atoms with Gasteiger partial charge in [0.25, 0.3) is 8.15 Å². The zero-order valence-corrected chi connectivity index (χ0v) is 21.5. The number of carbonyl (C=O) groups excluding carboxylic acids is 3. The lowest BCUT2D eigenvalue weighted by Crippen LogP contribution is -2.35. The lowest BCUT2D eigenvalue weighted by molar-refractivity contribution is -0.144. The summed E-state index contributed by atoms with van der Waals surface area (Å²) in [5.41, 5.74) is -0.993. The number of halogens is 1. The highest BCUT2D eigenvalue weighted by atomic mass is 32.0. The molecular weight excluding hydrogens is 471 g/mol. The summed E-state index contributed by atoms with van der Waals surface area (Å²) in [7, 11) is 2.54. The molecule has 1 rings (SSSR count). The number of nitriles is 1. The van der Waals surface area contributed by atoms with Crippen LogP contribution in [0.1, 0.15) is 46.0 Å². The quantitative estimate of drug-likeness (QED) is 0.215. The molecule has 0 aliphatic carbocycles. The molecular formula is C20H32FN5O5P2. The molecule has 0 aromatic carbocycles. The minimum absolute atomic E-state index is 0.0209. The molecule has 1 amide bonds. The highest BCUT2D eigenvalue weighted by molar-refractivity contribution is 8.08. The van der Waals surface area contributed by atoms with Crippen LogP contribution in [0.5, 0.6) is 0 Å². The van der Waals surface area contributed by atoms with E-state index in [4.69, 9.17) is 4.74 Å². The summed E-state index contributed by atoms with van der Waals surface area (Å²) in [6.07, 6.45) is 4.32. The van der Waals surface area contributed by atoms with Crippen LogP contribution < -0.4 is 0 Å². The first kappa shape index (κ1) is 28.9. The first-order valence-electron chi connectivity index (χ1n) is 10.5. The van der Waals surface area contributed by atoms with Gasteiger partial charge in [-0.15, -0.1) is 5.10 Å². The van der Waals surface area contributed by atoms with Gasteiger partial charge >= 0.3 is 11.9 Å². The molecule has 1 heterocycles. The Balaban J connectivity index is 2.64. The summed E-state index contributed by atoms with van der Waals surface area (Å²) in [6.45, 7) is 4.02. The molecule has 13 heteroatoms. The van der Waals surface area contributed by atoms with Crippen LogP contribution in [-0.2, 0) is 30.2 Å². The fourth-order valence-corrected chi connectivity index (χ4v) is 3.96. The third kappa shape index (κ3) is 11.0. The number of aryl methyl sites for hydroxylation is 1. The van der Waals surface area contributed by atoms with E-state index < -0.39 is 37.3 Å². The minimum Gasteiger partial charge on any atom is -0.466 e. The molecule has 1 aromatic heterocycles. The van der Waals surface area contributed by atoms with Crippen LogP contribution in [0.2, 0.25) is 0 Å². The normalized spacial score (nSPS) is 15.4. The monoisotopic (exact) mass is 503 g/mol. The largest absolute Gasteiger partial charge is 0.466 e. The van der Waals surface area contributed by atoms with E-state index in [-0.39, 0.29) is 38.2 Å². The molecule has 0 N–H and O–H groups in total. The molecule has 0 spiro atoms. The van der Waals surface area contributed by atoms with Crippen LogP contribution in [0.15, 0.2) is 12.4 Å². The number of hydrogen-bond acceptors (Lipinski definition) is 8. The van der Waals surface area contributed by atoms with E-state index in [1.54, 1.807) is 53.9 Å². The number of esters is 1. The fraction of sp³-hybridized carbons (Fsp3) is 0.700. The van der Waals surface area contributed by atoms with E-state index in [9.17, 15) is 23.8 Å². The van der Waals surface area contributed by atoms with Crippen molar-refractivity contribution in [1.82, 2.24) is 19.9 Å². The van der Waals surface area contributed by atoms with Crippen LogP contribution >= 0.6 is 17.1 Å². The van der Waals surface area contributed by atoms with Crippen molar-refractivity contribution in [3.8, 4) is 6.07 Å². The second kappa shape index (κ2) is 14.2. The van der Waals surface area contributed by atoms with Gasteiger partial charge in [-0.25, -0.2) is 0 Å². The first-order chi connectivity index (χ1) is 15.5. The summed E-state index contributed by atoms with van der Waals surface area (Å²) in [5.74, 6) is -2.80. The van der Waals surface area contributed by atoms with E-state index in [1.165, 1.54) is 4.90 Å². The SMILES string of the molecule is CC(CC(CC(C)(C#N)CCC(=O)OCCCn1ccnn1)C(=O)N(C)C)C(=O)OP(F)P. The highest BCUT2D eigenvalue weighted by Gasteiger charge is 2.35. The number of carbonyl (C=O) groups is 3. The predicted octanol–water partition coefficient (Wildman–Crippen LogP) is 3.26. The molecule has 0 aliphatic rings. The van der Waals surface area contributed by atoms with Crippen molar-refractivity contribution in [3.63, 3.8) is 0 Å². The van der Waals surface area contributed by atoms with E-state index >= 15 is 0 Å². The lowest BCUT2D eigenvalue weighted by Gasteiger charge is -2.29. The van der Waals surface area contributed by atoms with Crippen molar-refractivity contribution in [2.75, 3.05) is 20.7 Å². The van der Waals surface area contributed by atoms with Gasteiger partial charge in [-0.3, -0.25) is 19.1 Å². The van der Waals surface area contributed by atoms with Crippen LogP contribution in [0.4, 0.5) is 4.20 Å². The van der Waals surface area contributed by atoms with Gasteiger partial charge in [0.15, 0.2) is 0 Å². The Morgan fingerprint density at radius 1 is 1.39 bits per heavy atom. The number of hydrogen-bond donors (Lipinski definition) is 0. The van der Waals surface area contributed by atoms with E-state index in [2.05, 4.69) is 20.9 Å². The Labute approximate surface area is 197 Å². The van der Waals surface area contributed by atoms with Crippen LogP contribution in [0, 0.1) is 28.6 Å². The number of nitrogens with zero attached hydrogens (tertiary/aromatic N) is 5. The van der Waals surface area contributed by atoms with Gasteiger partial charge in [0, 0.05) is 45.6 Å². The molecule has 33 heavy (non-hydrogen) atoms. The average molecular weight is 503 g/mol. The molecule has 5 atom stereocenters. The standard InChI is InChI=1S/C20H32FN5O5P2/c1-15(19(29)31-33(21)32)12-16(18(28)25(3)4)13-20(2,14-22)7-6-17(27)30-11-5-9-26-10-8-23-24-26/h8,10,15-16H,5-7,9,11-13,32H2,1-4H3. The van der Waals surface area contributed by atoms with Crippen LogP contribution in [0.25, 0.3) is 0 Å². The summed E-state index contributed by atoms with van der Waals surface area (Å²) >= 11 is 0. The first-order valence-corrected chi connectivity index (χ1v) is 13.3. The Morgan fingerprint density at radius 3 is 2.64 bits per heavy atom. The zero-order chi connectivity index (χ0) is 25.0. The van der Waals surface area contributed by atoms with Gasteiger partial charge < -0.3 is 14.2 Å². The molecule has 0 saturated carbocycles. The molecule has 5 unspecified atom stereocenters. The summed E-state index contributed by atoms with van der Waals surface area (Å²) in [6, 6.07) is 2.21. The summed E-state index contributed by atoms with van der Waals surface area (Å²) in [5, 5.41) is 17.3. The van der Waals surface area contributed by atoms with Crippen molar-refractivity contribution in [3.05, 3.63) is 12.4 Å². The fourth-order valence-electron chi connectivity index (χ4n) is 3.30. The van der Waals surface area contributed by atoms with Crippen molar-refractivity contribution in [2.45, 2.75) is 52.5 Å². The lowest BCUT2D eigenvalue weighted by atomic mass is 9.76. The Kier molecular flexibility index (Phi) is 12.4. The van der Waals surface area contributed by atoms with Gasteiger partial charge in [-0.1, -0.05) is 12.1 Å². The Bertz CT molecular complexity index is 818. The smallest absolute Gasteiger partial charge is 0.313 e. The average Bonchev–Trinajstić information content (AvgIpc) is 3.27. The van der Waals surface area contributed by atoms with Gasteiger partial charge in [-0.05, 0) is 35.1 Å². The third-order valence-corrected chi connectivity index (χ3v) is 5.79. The van der Waals surface area contributed by atoms with Gasteiger partial charge in [-0.2, -0.15) is 9.46 Å². The maximum atomic E-state index is 13.0. The van der Waals surface area contributed by atoms with E-state index in [0.29, 0.717) is 13.0 Å². The van der Waals surface area contributed by atoms with E-state index in [1.807, 2.05) is 0 Å². The molecule has 0 radical (unpaired) electrons. The topological polar surface area (TPSA) is 127 Å². The number of ether oxygens (including phenoxy) is 1. The van der Waals surface area contributed by atoms with Crippen LogP contribution in [-0.4, -0.2) is 58.4 Å². The molecule has 10 nitrogen and oxygen atoms in total. The number of rotatable bonds is 14. The van der Waals surface area contributed by atoms with Gasteiger partial charge in [0.05, 0.1) is 30.2 Å². The van der Waals surface area contributed by atoms with E-state index in [0.717, 1.165) is 0 Å². The second-order valence-corrected chi connectivity index (χ2v) is 10.3. The predicted molar refractivity (Wildman–Crippen MR) is 123 cm³/mol. The number of amides is 1. The van der Waals surface area contributed by atoms with Crippen molar-refractivity contribution in [1.29, 1.82) is 5.26 Å². The van der Waals surface area contributed by atoms with Crippen molar-refractivity contribution >= 4 is 34.9 Å². The third-order valence-electron chi connectivity index (χ3n) is 5.12. The molecule has 184 valence electrons. The molecule has 1 aromatic rings. The van der Waals surface area contributed by atoms with Crippen LogP contribution in [0.3, 0.4) is 0 Å². The second-order valence-electron chi connectivity index (χ2n) is 8.37. The Morgan fingerprint density at radius 2 is 2.09 bits per heavy atom. The highest BCUT2D eigenvalue weighted by Crippen LogP contribution is 2.48. The summed E-state index contributed by atoms with van der Waals surface area (Å²) in [4.78, 5) is 38.2. The zero-order valence-electron chi connectivity index (χ0n) is 19.4. The van der Waals surface area contributed by atoms with Gasteiger partial charge in [0.2, 0.25) is 5.91 Å². The van der Waals surface area contributed by atoms with Crippen molar-refractivity contribution < 1.29 is 27.8 Å². The maximum absolute atomic E-state index is 13.0. The number of aromatic nitrogens is 3. The molecule has 0 bridgehead atoms. The van der Waals surface area contributed by atoms with Gasteiger partial charge in [0.1, 0.15) is 0 Å². The summed E-state index contributed by atoms with van der Waals surface area (Å²) < 4.78 is 24.5. The molecule has 0 saturated heterocycles. The molecule has 0 aliphatic heterocycles. The maximum Gasteiger partial charge on any atom is 0.313 e.